The molecule has 0 heterocycles. The average Bonchev–Trinajstić information content (AvgIpc) is 2.41. The molecule has 112 valence electrons. The lowest BCUT2D eigenvalue weighted by atomic mass is 9.78. The van der Waals surface area contributed by atoms with Crippen LogP contribution in [0, 0.1) is 17.8 Å². The molecule has 1 fully saturated rings. The van der Waals surface area contributed by atoms with Crippen molar-refractivity contribution >= 4 is 11.6 Å². The number of hydrogen-bond donors (Lipinski definition) is 1. The molecule has 1 aromatic rings. The van der Waals surface area contributed by atoms with Crippen LogP contribution in [-0.4, -0.2) is 6.04 Å². The van der Waals surface area contributed by atoms with Crippen molar-refractivity contribution in [3.8, 4) is 0 Å². The summed E-state index contributed by atoms with van der Waals surface area (Å²) in [6, 6.07) is 9.41. The van der Waals surface area contributed by atoms with Gasteiger partial charge in [-0.1, -0.05) is 51.4 Å². The van der Waals surface area contributed by atoms with Gasteiger partial charge in [0.1, 0.15) is 0 Å². The minimum Gasteiger partial charge on any atom is -0.307 e. The van der Waals surface area contributed by atoms with Crippen LogP contribution in [-0.2, 0) is 0 Å². The normalized spacial score (nSPS) is 28.6. The zero-order valence-corrected chi connectivity index (χ0v) is 14.0. The molecule has 0 radical (unpaired) electrons. The highest BCUT2D eigenvalue weighted by Gasteiger charge is 2.27. The van der Waals surface area contributed by atoms with Crippen LogP contribution in [0.2, 0.25) is 5.02 Å². The van der Waals surface area contributed by atoms with Crippen LogP contribution in [0.15, 0.2) is 24.3 Å². The fraction of sp³-hybridized carbons (Fsp3) is 0.667. The molecule has 0 spiro atoms. The van der Waals surface area contributed by atoms with Crippen molar-refractivity contribution in [3.63, 3.8) is 0 Å². The molecule has 1 saturated carbocycles. The van der Waals surface area contributed by atoms with Gasteiger partial charge < -0.3 is 5.32 Å². The van der Waals surface area contributed by atoms with Crippen molar-refractivity contribution in [1.82, 2.24) is 5.32 Å². The van der Waals surface area contributed by atoms with E-state index < -0.39 is 0 Å². The SMILES string of the molecule is CC(C)C(NC1CCC(C)C(C)C1)c1ccc(Cl)cc1. The Morgan fingerprint density at radius 2 is 1.70 bits per heavy atom. The molecule has 1 aliphatic carbocycles. The summed E-state index contributed by atoms with van der Waals surface area (Å²) in [6.45, 7) is 9.37. The van der Waals surface area contributed by atoms with Gasteiger partial charge in [-0.25, -0.2) is 0 Å². The molecular formula is C18H28ClN. The van der Waals surface area contributed by atoms with Crippen molar-refractivity contribution < 1.29 is 0 Å². The average molecular weight is 294 g/mol. The Hall–Kier alpha value is -0.530. The molecule has 0 aliphatic heterocycles. The highest BCUT2D eigenvalue weighted by molar-refractivity contribution is 6.30. The van der Waals surface area contributed by atoms with E-state index in [9.17, 15) is 0 Å². The zero-order chi connectivity index (χ0) is 14.7. The van der Waals surface area contributed by atoms with Gasteiger partial charge in [0, 0.05) is 17.1 Å². The molecule has 1 aromatic carbocycles. The van der Waals surface area contributed by atoms with E-state index in [1.807, 2.05) is 12.1 Å². The summed E-state index contributed by atoms with van der Waals surface area (Å²) >= 11 is 6.00. The fourth-order valence-corrected chi connectivity index (χ4v) is 3.42. The molecule has 0 amide bonds. The lowest BCUT2D eigenvalue weighted by Crippen LogP contribution is -2.40. The minimum absolute atomic E-state index is 0.429. The lowest BCUT2D eigenvalue weighted by Gasteiger charge is -2.36. The van der Waals surface area contributed by atoms with Crippen molar-refractivity contribution in [2.45, 2.75) is 59.0 Å². The molecule has 0 bridgehead atoms. The molecule has 0 saturated heterocycles. The summed E-state index contributed by atoms with van der Waals surface area (Å²) in [5.41, 5.74) is 1.36. The van der Waals surface area contributed by atoms with Gasteiger partial charge in [-0.2, -0.15) is 0 Å². The lowest BCUT2D eigenvalue weighted by molar-refractivity contribution is 0.204. The van der Waals surface area contributed by atoms with Crippen LogP contribution < -0.4 is 5.32 Å². The van der Waals surface area contributed by atoms with Crippen LogP contribution in [0.4, 0.5) is 0 Å². The van der Waals surface area contributed by atoms with E-state index >= 15 is 0 Å². The molecule has 0 aromatic heterocycles. The van der Waals surface area contributed by atoms with Gasteiger partial charge in [-0.05, 0) is 54.7 Å². The largest absolute Gasteiger partial charge is 0.307 e. The molecule has 20 heavy (non-hydrogen) atoms. The summed E-state index contributed by atoms with van der Waals surface area (Å²) < 4.78 is 0. The van der Waals surface area contributed by atoms with Gasteiger partial charge in [0.2, 0.25) is 0 Å². The predicted molar refractivity (Wildman–Crippen MR) is 88.1 cm³/mol. The topological polar surface area (TPSA) is 12.0 Å². The van der Waals surface area contributed by atoms with Gasteiger partial charge in [0.05, 0.1) is 0 Å². The van der Waals surface area contributed by atoms with E-state index in [4.69, 9.17) is 11.6 Å². The number of benzene rings is 1. The van der Waals surface area contributed by atoms with Crippen LogP contribution >= 0.6 is 11.6 Å². The van der Waals surface area contributed by atoms with E-state index in [2.05, 4.69) is 45.1 Å². The second kappa shape index (κ2) is 6.95. The molecule has 1 nitrogen and oxygen atoms in total. The number of rotatable bonds is 4. The van der Waals surface area contributed by atoms with E-state index in [1.54, 1.807) is 0 Å². The van der Waals surface area contributed by atoms with Crippen LogP contribution in [0.25, 0.3) is 0 Å². The highest BCUT2D eigenvalue weighted by atomic mass is 35.5. The van der Waals surface area contributed by atoms with Crippen molar-refractivity contribution in [2.75, 3.05) is 0 Å². The first-order valence-corrected chi connectivity index (χ1v) is 8.36. The first-order valence-electron chi connectivity index (χ1n) is 7.99. The maximum absolute atomic E-state index is 6.00. The Bertz CT molecular complexity index is 412. The van der Waals surface area contributed by atoms with Gasteiger partial charge in [-0.15, -0.1) is 0 Å². The Morgan fingerprint density at radius 3 is 2.25 bits per heavy atom. The zero-order valence-electron chi connectivity index (χ0n) is 13.2. The molecule has 2 heteroatoms. The first kappa shape index (κ1) is 15.9. The Kier molecular flexibility index (Phi) is 5.51. The van der Waals surface area contributed by atoms with Crippen LogP contribution in [0.3, 0.4) is 0 Å². The predicted octanol–water partition coefficient (Wildman–Crippen LogP) is 5.45. The van der Waals surface area contributed by atoms with E-state index in [-0.39, 0.29) is 0 Å². The van der Waals surface area contributed by atoms with Crippen molar-refractivity contribution in [2.24, 2.45) is 17.8 Å². The first-order chi connectivity index (χ1) is 9.47. The summed E-state index contributed by atoms with van der Waals surface area (Å²) in [6.07, 6.45) is 3.96. The molecule has 4 unspecified atom stereocenters. The van der Waals surface area contributed by atoms with Gasteiger partial charge in [-0.3, -0.25) is 0 Å². The smallest absolute Gasteiger partial charge is 0.0406 e. The van der Waals surface area contributed by atoms with Gasteiger partial charge in [0.15, 0.2) is 0 Å². The van der Waals surface area contributed by atoms with Gasteiger partial charge in [0.25, 0.3) is 0 Å². The monoisotopic (exact) mass is 293 g/mol. The maximum atomic E-state index is 6.00. The summed E-state index contributed by atoms with van der Waals surface area (Å²) in [5.74, 6) is 2.30. The van der Waals surface area contributed by atoms with E-state index in [1.165, 1.54) is 24.8 Å². The van der Waals surface area contributed by atoms with Crippen molar-refractivity contribution in [3.05, 3.63) is 34.9 Å². The standard InChI is InChI=1S/C18H28ClN/c1-12(2)18(15-6-8-16(19)9-7-15)20-17-10-5-13(3)14(4)11-17/h6-9,12-14,17-18,20H,5,10-11H2,1-4H3. The highest BCUT2D eigenvalue weighted by Crippen LogP contribution is 2.32. The minimum atomic E-state index is 0.429. The quantitative estimate of drug-likeness (QED) is 0.778. The molecular weight excluding hydrogens is 266 g/mol. The Morgan fingerprint density at radius 1 is 1.05 bits per heavy atom. The third kappa shape index (κ3) is 3.99. The second-order valence-corrected chi connectivity index (χ2v) is 7.34. The van der Waals surface area contributed by atoms with E-state index in [0.717, 1.165) is 16.9 Å². The third-order valence-corrected chi connectivity index (χ3v) is 5.16. The maximum Gasteiger partial charge on any atom is 0.0406 e. The van der Waals surface area contributed by atoms with E-state index in [0.29, 0.717) is 18.0 Å². The molecule has 4 atom stereocenters. The fourth-order valence-electron chi connectivity index (χ4n) is 3.30. The molecule has 1 aliphatic rings. The van der Waals surface area contributed by atoms with Crippen LogP contribution in [0.1, 0.15) is 58.6 Å². The van der Waals surface area contributed by atoms with Crippen LogP contribution in [0.5, 0.6) is 0 Å². The summed E-state index contributed by atoms with van der Waals surface area (Å²) in [7, 11) is 0. The molecule has 2 rings (SSSR count). The van der Waals surface area contributed by atoms with Crippen molar-refractivity contribution in [1.29, 1.82) is 0 Å². The number of halogens is 1. The summed E-state index contributed by atoms with van der Waals surface area (Å²) in [4.78, 5) is 0. The number of nitrogens with one attached hydrogen (secondary N) is 1. The Balaban J connectivity index is 2.04. The summed E-state index contributed by atoms with van der Waals surface area (Å²) in [5, 5.41) is 4.72. The Labute approximate surface area is 129 Å². The third-order valence-electron chi connectivity index (χ3n) is 4.91. The second-order valence-electron chi connectivity index (χ2n) is 6.90. The number of hydrogen-bond acceptors (Lipinski definition) is 1. The molecule has 1 N–H and O–H groups in total. The van der Waals surface area contributed by atoms with Gasteiger partial charge >= 0.3 is 0 Å².